The van der Waals surface area contributed by atoms with Crippen LogP contribution in [-0.2, 0) is 0 Å². The van der Waals surface area contributed by atoms with Gasteiger partial charge in [0.15, 0.2) is 6.39 Å². The molecule has 1 amide bonds. The average molecular weight is 418 g/mol. The molecule has 0 bridgehead atoms. The Morgan fingerprint density at radius 2 is 1.90 bits per heavy atom. The number of nitrogens with zero attached hydrogens (tertiary/aromatic N) is 2. The number of aromatic nitrogens is 1. The number of ether oxygens (including phenoxy) is 1. The first-order valence-corrected chi connectivity index (χ1v) is 10.9. The molecule has 1 saturated heterocycles. The average Bonchev–Trinajstić information content (AvgIpc) is 3.42. The minimum atomic E-state index is -0.257. The van der Waals surface area contributed by atoms with Crippen molar-refractivity contribution in [1.29, 1.82) is 0 Å². The summed E-state index contributed by atoms with van der Waals surface area (Å²) in [4.78, 5) is 18.3. The van der Waals surface area contributed by atoms with Crippen LogP contribution in [0, 0.1) is 5.92 Å². The molecule has 5 rings (SSSR count). The van der Waals surface area contributed by atoms with E-state index in [1.807, 2.05) is 6.92 Å². The third kappa shape index (κ3) is 4.58. The Morgan fingerprint density at radius 3 is 2.55 bits per heavy atom. The zero-order chi connectivity index (χ0) is 21.2. The third-order valence-corrected chi connectivity index (χ3v) is 6.18. The van der Waals surface area contributed by atoms with Gasteiger partial charge in [0.05, 0.1) is 18.8 Å². The van der Waals surface area contributed by atoms with Crippen LogP contribution in [0.15, 0.2) is 65.5 Å². The van der Waals surface area contributed by atoms with Gasteiger partial charge in [-0.1, -0.05) is 24.3 Å². The van der Waals surface area contributed by atoms with E-state index in [1.54, 1.807) is 0 Å². The Morgan fingerprint density at radius 1 is 1.16 bits per heavy atom. The van der Waals surface area contributed by atoms with E-state index in [9.17, 15) is 4.79 Å². The van der Waals surface area contributed by atoms with Crippen molar-refractivity contribution in [2.24, 2.45) is 5.92 Å². The number of hydrogen-bond donors (Lipinski definition) is 1. The van der Waals surface area contributed by atoms with Gasteiger partial charge in [-0.15, -0.1) is 0 Å². The fraction of sp³-hybridized carbons (Fsp3) is 0.360. The number of hydrogen-bond acceptors (Lipinski definition) is 5. The van der Waals surface area contributed by atoms with E-state index in [0.29, 0.717) is 5.92 Å². The van der Waals surface area contributed by atoms with Gasteiger partial charge < -0.3 is 19.4 Å². The SMILES string of the molecule is CC(NC(=O)c1cnco1)c1ccc(C2CN(c3ccc(OCC4CC4)cc3)C2)cc1. The first-order valence-electron chi connectivity index (χ1n) is 10.9. The summed E-state index contributed by atoms with van der Waals surface area (Å²) in [5.74, 6) is 2.23. The third-order valence-electron chi connectivity index (χ3n) is 6.18. The van der Waals surface area contributed by atoms with Crippen LogP contribution in [0.5, 0.6) is 5.75 Å². The van der Waals surface area contributed by atoms with Gasteiger partial charge in [0.25, 0.3) is 5.91 Å². The Kier molecular flexibility index (Phi) is 5.37. The Balaban J connectivity index is 1.12. The Hall–Kier alpha value is -3.28. The lowest BCUT2D eigenvalue weighted by Crippen LogP contribution is -2.45. The highest BCUT2D eigenvalue weighted by molar-refractivity contribution is 5.91. The molecule has 31 heavy (non-hydrogen) atoms. The molecule has 1 aliphatic carbocycles. The van der Waals surface area contributed by atoms with Gasteiger partial charge in [-0.3, -0.25) is 4.79 Å². The van der Waals surface area contributed by atoms with Gasteiger partial charge in [-0.05, 0) is 61.1 Å². The predicted octanol–water partition coefficient (Wildman–Crippen LogP) is 4.56. The van der Waals surface area contributed by atoms with Gasteiger partial charge in [0, 0.05) is 24.7 Å². The van der Waals surface area contributed by atoms with Crippen molar-refractivity contribution in [3.05, 3.63) is 78.0 Å². The van der Waals surface area contributed by atoms with Crippen molar-refractivity contribution in [2.45, 2.75) is 31.7 Å². The molecule has 160 valence electrons. The second-order valence-corrected chi connectivity index (χ2v) is 8.58. The number of benzene rings is 2. The van der Waals surface area contributed by atoms with E-state index in [2.05, 4.69) is 63.7 Å². The second-order valence-electron chi connectivity index (χ2n) is 8.58. The highest BCUT2D eigenvalue weighted by Gasteiger charge is 2.28. The van der Waals surface area contributed by atoms with Crippen LogP contribution in [-0.4, -0.2) is 30.6 Å². The summed E-state index contributed by atoms with van der Waals surface area (Å²) in [6, 6.07) is 16.9. The van der Waals surface area contributed by atoms with Crippen LogP contribution in [0.1, 0.15) is 53.4 Å². The van der Waals surface area contributed by atoms with Crippen LogP contribution in [0.25, 0.3) is 0 Å². The second kappa shape index (κ2) is 8.46. The van der Waals surface area contributed by atoms with Crippen molar-refractivity contribution < 1.29 is 13.9 Å². The molecular weight excluding hydrogens is 390 g/mol. The summed E-state index contributed by atoms with van der Waals surface area (Å²) in [6.45, 7) is 4.84. The number of carbonyl (C=O) groups excluding carboxylic acids is 1. The fourth-order valence-electron chi connectivity index (χ4n) is 3.89. The molecule has 2 aromatic carbocycles. The molecule has 6 nitrogen and oxygen atoms in total. The molecule has 2 aliphatic rings. The molecule has 6 heteroatoms. The summed E-state index contributed by atoms with van der Waals surface area (Å²) < 4.78 is 10.9. The van der Waals surface area contributed by atoms with Crippen molar-refractivity contribution in [3.8, 4) is 5.75 Å². The van der Waals surface area contributed by atoms with Crippen LogP contribution >= 0.6 is 0 Å². The first kappa shape index (κ1) is 19.7. The van der Waals surface area contributed by atoms with Crippen molar-refractivity contribution in [3.63, 3.8) is 0 Å². The number of amides is 1. The normalized spacial score (nSPS) is 17.1. The molecule has 1 saturated carbocycles. The van der Waals surface area contributed by atoms with Crippen LogP contribution in [0.3, 0.4) is 0 Å². The first-order chi connectivity index (χ1) is 15.2. The highest BCUT2D eigenvalue weighted by atomic mass is 16.5. The van der Waals surface area contributed by atoms with Crippen molar-refractivity contribution in [1.82, 2.24) is 10.3 Å². The molecule has 2 fully saturated rings. The molecule has 1 unspecified atom stereocenters. The highest BCUT2D eigenvalue weighted by Crippen LogP contribution is 2.34. The van der Waals surface area contributed by atoms with E-state index >= 15 is 0 Å². The minimum Gasteiger partial charge on any atom is -0.493 e. The van der Waals surface area contributed by atoms with Crippen molar-refractivity contribution in [2.75, 3.05) is 24.6 Å². The monoisotopic (exact) mass is 417 g/mol. The lowest BCUT2D eigenvalue weighted by molar-refractivity contribution is 0.0912. The minimum absolute atomic E-state index is 0.106. The van der Waals surface area contributed by atoms with E-state index < -0.39 is 0 Å². The topological polar surface area (TPSA) is 67.6 Å². The molecule has 1 aromatic heterocycles. The van der Waals surface area contributed by atoms with Gasteiger partial charge in [-0.25, -0.2) is 4.98 Å². The maximum Gasteiger partial charge on any atom is 0.289 e. The predicted molar refractivity (Wildman–Crippen MR) is 118 cm³/mol. The molecular formula is C25H27N3O3. The van der Waals surface area contributed by atoms with E-state index in [1.165, 1.54) is 36.7 Å². The number of oxazole rings is 1. The van der Waals surface area contributed by atoms with E-state index in [4.69, 9.17) is 9.15 Å². The number of carbonyl (C=O) groups is 1. The lowest BCUT2D eigenvalue weighted by Gasteiger charge is -2.41. The van der Waals surface area contributed by atoms with Gasteiger partial charge >= 0.3 is 0 Å². The van der Waals surface area contributed by atoms with E-state index in [0.717, 1.165) is 36.9 Å². The summed E-state index contributed by atoms with van der Waals surface area (Å²) in [6.07, 6.45) is 5.30. The number of anilines is 1. The van der Waals surface area contributed by atoms with Crippen molar-refractivity contribution >= 4 is 11.6 Å². The molecule has 1 atom stereocenters. The zero-order valence-electron chi connectivity index (χ0n) is 17.7. The largest absolute Gasteiger partial charge is 0.493 e. The maximum atomic E-state index is 12.1. The smallest absolute Gasteiger partial charge is 0.289 e. The quantitative estimate of drug-likeness (QED) is 0.582. The summed E-state index contributed by atoms with van der Waals surface area (Å²) in [7, 11) is 0. The number of nitrogens with one attached hydrogen (secondary N) is 1. The van der Waals surface area contributed by atoms with Gasteiger partial charge in [0.1, 0.15) is 5.75 Å². The molecule has 1 aliphatic heterocycles. The standard InChI is InChI=1S/C25H27N3O3/c1-17(27-25(29)24-12-26-16-31-24)19-4-6-20(7-5-19)21-13-28(14-21)22-8-10-23(11-9-22)30-15-18-2-3-18/h4-12,16-18,21H,2-3,13-15H2,1H3,(H,27,29). The van der Waals surface area contributed by atoms with Gasteiger partial charge in [-0.2, -0.15) is 0 Å². The summed E-state index contributed by atoms with van der Waals surface area (Å²) >= 11 is 0. The van der Waals surface area contributed by atoms with Gasteiger partial charge in [0.2, 0.25) is 5.76 Å². The molecule has 0 spiro atoms. The maximum absolute atomic E-state index is 12.1. The van der Waals surface area contributed by atoms with Crippen LogP contribution < -0.4 is 15.0 Å². The fourth-order valence-corrected chi connectivity index (χ4v) is 3.89. The van der Waals surface area contributed by atoms with Crippen LogP contribution in [0.4, 0.5) is 5.69 Å². The molecule has 3 aromatic rings. The summed E-state index contributed by atoms with van der Waals surface area (Å²) in [5.41, 5.74) is 3.64. The molecule has 1 N–H and O–H groups in total. The number of rotatable bonds is 8. The van der Waals surface area contributed by atoms with E-state index in [-0.39, 0.29) is 17.7 Å². The van der Waals surface area contributed by atoms with Crippen LogP contribution in [0.2, 0.25) is 0 Å². The molecule has 0 radical (unpaired) electrons. The summed E-state index contributed by atoms with van der Waals surface area (Å²) in [5, 5.41) is 2.94. The Bertz CT molecular complexity index is 1010. The molecule has 2 heterocycles. The zero-order valence-corrected chi connectivity index (χ0v) is 17.7. The Labute approximate surface area is 182 Å². The lowest BCUT2D eigenvalue weighted by atomic mass is 9.90.